The van der Waals surface area contributed by atoms with Crippen LogP contribution in [-0.2, 0) is 0 Å². The summed E-state index contributed by atoms with van der Waals surface area (Å²) in [6, 6.07) is 2.92. The number of carbonyl (C=O) groups is 1. The summed E-state index contributed by atoms with van der Waals surface area (Å²) in [7, 11) is 0. The fourth-order valence-electron chi connectivity index (χ4n) is 1.94. The molecule has 0 radical (unpaired) electrons. The van der Waals surface area contributed by atoms with Crippen LogP contribution < -0.4 is 11.3 Å². The van der Waals surface area contributed by atoms with Crippen molar-refractivity contribution in [3.8, 4) is 0 Å². The van der Waals surface area contributed by atoms with Crippen molar-refractivity contribution in [3.05, 3.63) is 34.2 Å². The predicted molar refractivity (Wildman–Crippen MR) is 60.1 cm³/mol. The lowest BCUT2D eigenvalue weighted by Gasteiger charge is -2.15. The van der Waals surface area contributed by atoms with Crippen molar-refractivity contribution in [2.24, 2.45) is 11.7 Å². The van der Waals surface area contributed by atoms with E-state index in [9.17, 15) is 9.59 Å². The SMILES string of the molecule is NCC1CCN(C(=O)c2ccc(=O)[nH]c2)C1. The van der Waals surface area contributed by atoms with E-state index in [4.69, 9.17) is 5.73 Å². The first-order chi connectivity index (χ1) is 7.70. The molecule has 3 N–H and O–H groups in total. The maximum absolute atomic E-state index is 12.0. The monoisotopic (exact) mass is 221 g/mol. The molecule has 1 aromatic rings. The van der Waals surface area contributed by atoms with Gasteiger partial charge in [0.05, 0.1) is 5.56 Å². The quantitative estimate of drug-likeness (QED) is 0.725. The highest BCUT2D eigenvalue weighted by atomic mass is 16.2. The van der Waals surface area contributed by atoms with Gasteiger partial charge in [-0.1, -0.05) is 0 Å². The van der Waals surface area contributed by atoms with Gasteiger partial charge in [0.2, 0.25) is 5.56 Å². The second kappa shape index (κ2) is 4.49. The average Bonchev–Trinajstić information content (AvgIpc) is 2.77. The number of hydrogen-bond donors (Lipinski definition) is 2. The van der Waals surface area contributed by atoms with E-state index in [2.05, 4.69) is 4.98 Å². The highest BCUT2D eigenvalue weighted by Gasteiger charge is 2.25. The van der Waals surface area contributed by atoms with Crippen molar-refractivity contribution in [2.75, 3.05) is 19.6 Å². The fourth-order valence-corrected chi connectivity index (χ4v) is 1.94. The van der Waals surface area contributed by atoms with Crippen molar-refractivity contribution < 1.29 is 4.79 Å². The predicted octanol–water partition coefficient (Wildman–Crippen LogP) is -0.204. The van der Waals surface area contributed by atoms with Crippen molar-refractivity contribution in [1.82, 2.24) is 9.88 Å². The summed E-state index contributed by atoms with van der Waals surface area (Å²) in [5.41, 5.74) is 5.90. The van der Waals surface area contributed by atoms with Gasteiger partial charge in [-0.05, 0) is 24.9 Å². The zero-order chi connectivity index (χ0) is 11.5. The lowest BCUT2D eigenvalue weighted by Crippen LogP contribution is -2.30. The molecule has 16 heavy (non-hydrogen) atoms. The van der Waals surface area contributed by atoms with Crippen molar-refractivity contribution in [1.29, 1.82) is 0 Å². The summed E-state index contributed by atoms with van der Waals surface area (Å²) in [6.45, 7) is 2.09. The Hall–Kier alpha value is -1.62. The minimum Gasteiger partial charge on any atom is -0.338 e. The summed E-state index contributed by atoms with van der Waals surface area (Å²) in [6.07, 6.45) is 2.42. The number of nitrogens with one attached hydrogen (secondary N) is 1. The van der Waals surface area contributed by atoms with E-state index in [0.717, 1.165) is 13.0 Å². The summed E-state index contributed by atoms with van der Waals surface area (Å²) in [5, 5.41) is 0. The molecule has 1 unspecified atom stereocenters. The molecule has 0 spiro atoms. The van der Waals surface area contributed by atoms with Gasteiger partial charge in [-0.2, -0.15) is 0 Å². The summed E-state index contributed by atoms with van der Waals surface area (Å²) < 4.78 is 0. The van der Waals surface area contributed by atoms with Gasteiger partial charge in [0.25, 0.3) is 5.91 Å². The maximum Gasteiger partial charge on any atom is 0.255 e. The number of pyridine rings is 1. The number of aromatic nitrogens is 1. The number of nitrogens with zero attached hydrogens (tertiary/aromatic N) is 1. The normalized spacial score (nSPS) is 20.1. The third kappa shape index (κ3) is 2.14. The van der Waals surface area contributed by atoms with Gasteiger partial charge in [0, 0.05) is 25.4 Å². The number of aromatic amines is 1. The highest BCUT2D eigenvalue weighted by Crippen LogP contribution is 2.16. The number of H-pyrrole nitrogens is 1. The van der Waals surface area contributed by atoms with Gasteiger partial charge in [0.1, 0.15) is 0 Å². The van der Waals surface area contributed by atoms with Crippen LogP contribution in [0.3, 0.4) is 0 Å². The van der Waals surface area contributed by atoms with Crippen LogP contribution in [0.1, 0.15) is 16.8 Å². The third-order valence-corrected chi connectivity index (χ3v) is 2.94. The average molecular weight is 221 g/mol. The molecule has 86 valence electrons. The standard InChI is InChI=1S/C11H15N3O2/c12-5-8-3-4-14(7-8)11(16)9-1-2-10(15)13-6-9/h1-2,6,8H,3-5,7,12H2,(H,13,15). The Morgan fingerprint density at radius 3 is 2.94 bits per heavy atom. The molecular formula is C11H15N3O2. The molecule has 2 rings (SSSR count). The molecule has 0 aromatic carbocycles. The van der Waals surface area contributed by atoms with Gasteiger partial charge >= 0.3 is 0 Å². The maximum atomic E-state index is 12.0. The van der Waals surface area contributed by atoms with Gasteiger partial charge in [-0.25, -0.2) is 0 Å². The molecule has 5 heteroatoms. The topological polar surface area (TPSA) is 79.2 Å². The highest BCUT2D eigenvalue weighted by molar-refractivity contribution is 5.94. The first-order valence-corrected chi connectivity index (χ1v) is 5.39. The van der Waals surface area contributed by atoms with Gasteiger partial charge in [-0.3, -0.25) is 9.59 Å². The van der Waals surface area contributed by atoms with Crippen LogP contribution in [0.25, 0.3) is 0 Å². The molecule has 1 aliphatic rings. The van der Waals surface area contributed by atoms with Crippen LogP contribution in [0.15, 0.2) is 23.1 Å². The number of hydrogen-bond acceptors (Lipinski definition) is 3. The van der Waals surface area contributed by atoms with E-state index in [1.807, 2.05) is 0 Å². The molecule has 0 saturated carbocycles. The summed E-state index contributed by atoms with van der Waals surface area (Å²) >= 11 is 0. The van der Waals surface area contributed by atoms with E-state index >= 15 is 0 Å². The first kappa shape index (κ1) is 10.9. The Labute approximate surface area is 93.3 Å². The number of carbonyl (C=O) groups excluding carboxylic acids is 1. The van der Waals surface area contributed by atoms with E-state index in [0.29, 0.717) is 24.6 Å². The first-order valence-electron chi connectivity index (χ1n) is 5.39. The molecule has 1 aliphatic heterocycles. The molecule has 1 aromatic heterocycles. The van der Waals surface area contributed by atoms with Crippen molar-refractivity contribution in [3.63, 3.8) is 0 Å². The van der Waals surface area contributed by atoms with Crippen LogP contribution in [0.5, 0.6) is 0 Å². The second-order valence-electron chi connectivity index (χ2n) is 4.08. The molecule has 1 amide bonds. The zero-order valence-electron chi connectivity index (χ0n) is 8.98. The number of likely N-dealkylation sites (tertiary alicyclic amines) is 1. The lowest BCUT2D eigenvalue weighted by molar-refractivity contribution is 0.0787. The van der Waals surface area contributed by atoms with Crippen LogP contribution in [0, 0.1) is 5.92 Å². The Balaban J connectivity index is 2.08. The van der Waals surface area contributed by atoms with Gasteiger partial charge in [0.15, 0.2) is 0 Å². The molecule has 1 atom stereocenters. The minimum absolute atomic E-state index is 0.0350. The van der Waals surface area contributed by atoms with E-state index in [-0.39, 0.29) is 11.5 Å². The molecule has 5 nitrogen and oxygen atoms in total. The van der Waals surface area contributed by atoms with Crippen molar-refractivity contribution in [2.45, 2.75) is 6.42 Å². The van der Waals surface area contributed by atoms with Gasteiger partial charge in [-0.15, -0.1) is 0 Å². The van der Waals surface area contributed by atoms with Crippen LogP contribution >= 0.6 is 0 Å². The molecule has 2 heterocycles. The Kier molecular flexibility index (Phi) is 3.05. The summed E-state index contributed by atoms with van der Waals surface area (Å²) in [5.74, 6) is 0.374. The zero-order valence-corrected chi connectivity index (χ0v) is 8.98. The molecule has 1 fully saturated rings. The fraction of sp³-hybridized carbons (Fsp3) is 0.455. The van der Waals surface area contributed by atoms with E-state index < -0.39 is 0 Å². The summed E-state index contributed by atoms with van der Waals surface area (Å²) in [4.78, 5) is 27.1. The van der Waals surface area contributed by atoms with Gasteiger partial charge < -0.3 is 15.6 Å². The minimum atomic E-state index is -0.196. The lowest BCUT2D eigenvalue weighted by atomic mass is 10.1. The van der Waals surface area contributed by atoms with E-state index in [1.54, 1.807) is 11.0 Å². The largest absolute Gasteiger partial charge is 0.338 e. The van der Waals surface area contributed by atoms with E-state index in [1.165, 1.54) is 12.3 Å². The molecule has 0 bridgehead atoms. The third-order valence-electron chi connectivity index (χ3n) is 2.94. The Bertz CT molecular complexity index is 421. The number of nitrogens with two attached hydrogens (primary N) is 1. The number of rotatable bonds is 2. The molecular weight excluding hydrogens is 206 g/mol. The van der Waals surface area contributed by atoms with Crippen LogP contribution in [-0.4, -0.2) is 35.4 Å². The second-order valence-corrected chi connectivity index (χ2v) is 4.08. The Morgan fingerprint density at radius 1 is 1.56 bits per heavy atom. The van der Waals surface area contributed by atoms with Crippen molar-refractivity contribution >= 4 is 5.91 Å². The molecule has 0 aliphatic carbocycles. The number of amides is 1. The molecule has 1 saturated heterocycles. The van der Waals surface area contributed by atoms with Crippen LogP contribution in [0.4, 0.5) is 0 Å². The van der Waals surface area contributed by atoms with Crippen LogP contribution in [0.2, 0.25) is 0 Å². The smallest absolute Gasteiger partial charge is 0.255 e. The Morgan fingerprint density at radius 2 is 2.38 bits per heavy atom.